The molecule has 116 valence electrons. The number of halogens is 4. The lowest BCUT2D eigenvalue weighted by Crippen LogP contribution is -2.33. The molecule has 0 bridgehead atoms. The van der Waals surface area contributed by atoms with Crippen molar-refractivity contribution in [2.24, 2.45) is 5.92 Å². The number of hydrogen-bond donors (Lipinski definition) is 1. The van der Waals surface area contributed by atoms with Gasteiger partial charge in [-0.05, 0) is 31.7 Å². The quantitative estimate of drug-likeness (QED) is 0.515. The number of nitro groups is 1. The molecule has 4 nitrogen and oxygen atoms in total. The zero-order chi connectivity index (χ0) is 15.6. The highest BCUT2D eigenvalue weighted by molar-refractivity contribution is 5.62. The first-order chi connectivity index (χ1) is 9.79. The van der Waals surface area contributed by atoms with E-state index >= 15 is 0 Å². The van der Waals surface area contributed by atoms with Gasteiger partial charge in [0.15, 0.2) is 5.82 Å². The van der Waals surface area contributed by atoms with Gasteiger partial charge in [0, 0.05) is 12.1 Å². The van der Waals surface area contributed by atoms with Crippen molar-refractivity contribution in [3.05, 3.63) is 34.1 Å². The third-order valence-electron chi connectivity index (χ3n) is 3.73. The van der Waals surface area contributed by atoms with Crippen molar-refractivity contribution in [3.8, 4) is 0 Å². The van der Waals surface area contributed by atoms with E-state index in [1.165, 1.54) is 6.07 Å². The third-order valence-corrected chi connectivity index (χ3v) is 3.73. The maximum atomic E-state index is 13.7. The lowest BCUT2D eigenvalue weighted by atomic mass is 9.85. The summed E-state index contributed by atoms with van der Waals surface area (Å²) in [6, 6.07) is 3.07. The molecule has 1 aliphatic carbocycles. The lowest BCUT2D eigenvalue weighted by molar-refractivity contribution is -0.384. The van der Waals surface area contributed by atoms with Crippen LogP contribution < -0.4 is 5.32 Å². The van der Waals surface area contributed by atoms with Crippen molar-refractivity contribution in [1.82, 2.24) is 0 Å². The SMILES string of the molecule is O=[N+]([O-])c1cccc(F)c1NC1CCC(C(F)(F)F)CC1. The summed E-state index contributed by atoms with van der Waals surface area (Å²) >= 11 is 0. The van der Waals surface area contributed by atoms with Crippen molar-refractivity contribution in [3.63, 3.8) is 0 Å². The van der Waals surface area contributed by atoms with E-state index < -0.39 is 28.5 Å². The van der Waals surface area contributed by atoms with Gasteiger partial charge in [-0.1, -0.05) is 6.07 Å². The van der Waals surface area contributed by atoms with Crippen LogP contribution in [0.5, 0.6) is 0 Å². The van der Waals surface area contributed by atoms with Crippen LogP contribution in [0.4, 0.5) is 28.9 Å². The maximum absolute atomic E-state index is 13.7. The van der Waals surface area contributed by atoms with Crippen LogP contribution in [0, 0.1) is 21.8 Å². The van der Waals surface area contributed by atoms with Gasteiger partial charge in [0.05, 0.1) is 10.8 Å². The van der Waals surface area contributed by atoms with Crippen molar-refractivity contribution in [2.75, 3.05) is 5.32 Å². The fourth-order valence-corrected chi connectivity index (χ4v) is 2.58. The molecule has 0 spiro atoms. The summed E-state index contributed by atoms with van der Waals surface area (Å²) in [5.41, 5.74) is -0.661. The average molecular weight is 306 g/mol. The Bertz CT molecular complexity index is 525. The van der Waals surface area contributed by atoms with Gasteiger partial charge >= 0.3 is 6.18 Å². The Labute approximate surface area is 118 Å². The molecule has 0 aliphatic heterocycles. The second kappa shape index (κ2) is 5.87. The van der Waals surface area contributed by atoms with Crippen molar-refractivity contribution < 1.29 is 22.5 Å². The largest absolute Gasteiger partial charge is 0.391 e. The Hall–Kier alpha value is -1.86. The standard InChI is InChI=1S/C13H14F4N2O2/c14-10-2-1-3-11(19(20)21)12(10)18-9-6-4-8(5-7-9)13(15,16)17/h1-3,8-9,18H,4-7H2. The molecular formula is C13H14F4N2O2. The summed E-state index contributed by atoms with van der Waals surface area (Å²) in [6.45, 7) is 0. The Kier molecular flexibility index (Phi) is 4.34. The monoisotopic (exact) mass is 306 g/mol. The summed E-state index contributed by atoms with van der Waals surface area (Å²) in [7, 11) is 0. The maximum Gasteiger partial charge on any atom is 0.391 e. The summed E-state index contributed by atoms with van der Waals surface area (Å²) in [4.78, 5) is 10.1. The number of benzene rings is 1. The molecule has 1 aromatic rings. The molecule has 0 aromatic heterocycles. The molecular weight excluding hydrogens is 292 g/mol. The van der Waals surface area contributed by atoms with E-state index in [1.807, 2.05) is 0 Å². The highest BCUT2D eigenvalue weighted by Crippen LogP contribution is 2.39. The number of nitrogens with zero attached hydrogens (tertiary/aromatic N) is 1. The predicted octanol–water partition coefficient (Wildman–Crippen LogP) is 4.27. The number of para-hydroxylation sites is 1. The van der Waals surface area contributed by atoms with Crippen LogP contribution in [0.15, 0.2) is 18.2 Å². The Morgan fingerprint density at radius 3 is 2.33 bits per heavy atom. The van der Waals surface area contributed by atoms with Gasteiger partial charge in [-0.3, -0.25) is 10.1 Å². The van der Waals surface area contributed by atoms with Crippen LogP contribution in [0.1, 0.15) is 25.7 Å². The smallest absolute Gasteiger partial charge is 0.374 e. The molecule has 2 rings (SSSR count). The first-order valence-electron chi connectivity index (χ1n) is 6.55. The van der Waals surface area contributed by atoms with Crippen LogP contribution in [-0.4, -0.2) is 17.1 Å². The fourth-order valence-electron chi connectivity index (χ4n) is 2.58. The molecule has 0 saturated heterocycles. The first-order valence-corrected chi connectivity index (χ1v) is 6.55. The van der Waals surface area contributed by atoms with E-state index in [2.05, 4.69) is 5.32 Å². The predicted molar refractivity (Wildman–Crippen MR) is 68.5 cm³/mol. The first kappa shape index (κ1) is 15.5. The van der Waals surface area contributed by atoms with Crippen LogP contribution in [0.3, 0.4) is 0 Å². The van der Waals surface area contributed by atoms with Gasteiger partial charge in [-0.2, -0.15) is 13.2 Å². The molecule has 1 saturated carbocycles. The molecule has 1 fully saturated rings. The van der Waals surface area contributed by atoms with Gasteiger partial charge in [-0.15, -0.1) is 0 Å². The van der Waals surface area contributed by atoms with Gasteiger partial charge in [0.25, 0.3) is 5.69 Å². The molecule has 0 unspecified atom stereocenters. The van der Waals surface area contributed by atoms with Crippen LogP contribution in [0.2, 0.25) is 0 Å². The molecule has 8 heteroatoms. The molecule has 21 heavy (non-hydrogen) atoms. The second-order valence-corrected chi connectivity index (χ2v) is 5.13. The van der Waals surface area contributed by atoms with E-state index in [4.69, 9.17) is 0 Å². The molecule has 1 aliphatic rings. The Balaban J connectivity index is 2.06. The van der Waals surface area contributed by atoms with Gasteiger partial charge in [0.2, 0.25) is 0 Å². The summed E-state index contributed by atoms with van der Waals surface area (Å²) < 4.78 is 51.4. The zero-order valence-corrected chi connectivity index (χ0v) is 11.0. The van der Waals surface area contributed by atoms with E-state index in [-0.39, 0.29) is 37.4 Å². The second-order valence-electron chi connectivity index (χ2n) is 5.13. The number of hydrogen-bond acceptors (Lipinski definition) is 3. The highest BCUT2D eigenvalue weighted by atomic mass is 19.4. The lowest BCUT2D eigenvalue weighted by Gasteiger charge is -2.30. The Morgan fingerprint density at radius 2 is 1.81 bits per heavy atom. The van der Waals surface area contributed by atoms with Crippen molar-refractivity contribution in [2.45, 2.75) is 37.9 Å². The number of alkyl halides is 3. The summed E-state index contributed by atoms with van der Waals surface area (Å²) in [6.07, 6.45) is -3.91. The number of nitro benzene ring substituents is 1. The Morgan fingerprint density at radius 1 is 1.19 bits per heavy atom. The van der Waals surface area contributed by atoms with Gasteiger partial charge in [0.1, 0.15) is 5.69 Å². The third kappa shape index (κ3) is 3.62. The van der Waals surface area contributed by atoms with E-state index in [0.717, 1.165) is 12.1 Å². The topological polar surface area (TPSA) is 55.2 Å². The minimum atomic E-state index is -4.21. The summed E-state index contributed by atoms with van der Waals surface area (Å²) in [5, 5.41) is 13.5. The van der Waals surface area contributed by atoms with E-state index in [0.29, 0.717) is 0 Å². The van der Waals surface area contributed by atoms with E-state index in [9.17, 15) is 27.7 Å². The van der Waals surface area contributed by atoms with Crippen molar-refractivity contribution >= 4 is 11.4 Å². The average Bonchev–Trinajstić information content (AvgIpc) is 2.40. The van der Waals surface area contributed by atoms with Gasteiger partial charge < -0.3 is 5.32 Å². The summed E-state index contributed by atoms with van der Waals surface area (Å²) in [5.74, 6) is -2.12. The van der Waals surface area contributed by atoms with Gasteiger partial charge in [-0.25, -0.2) is 4.39 Å². The minimum Gasteiger partial charge on any atom is -0.374 e. The minimum absolute atomic E-state index is 0.0522. The molecule has 0 atom stereocenters. The normalized spacial score (nSPS) is 22.9. The van der Waals surface area contributed by atoms with E-state index in [1.54, 1.807) is 0 Å². The molecule has 0 radical (unpaired) electrons. The highest BCUT2D eigenvalue weighted by Gasteiger charge is 2.41. The van der Waals surface area contributed by atoms with Crippen LogP contribution >= 0.6 is 0 Å². The number of anilines is 1. The number of nitrogens with one attached hydrogen (secondary N) is 1. The fraction of sp³-hybridized carbons (Fsp3) is 0.538. The number of rotatable bonds is 3. The van der Waals surface area contributed by atoms with Crippen molar-refractivity contribution in [1.29, 1.82) is 0 Å². The molecule has 1 N–H and O–H groups in total. The van der Waals surface area contributed by atoms with Crippen LogP contribution in [0.25, 0.3) is 0 Å². The zero-order valence-electron chi connectivity index (χ0n) is 11.0. The molecule has 0 heterocycles. The van der Waals surface area contributed by atoms with Crippen LogP contribution in [-0.2, 0) is 0 Å². The molecule has 1 aromatic carbocycles. The molecule has 0 amide bonds.